The molecule has 1 aromatic rings. The Labute approximate surface area is 222 Å². The van der Waals surface area contributed by atoms with E-state index in [-0.39, 0.29) is 11.3 Å². The number of esters is 1. The number of benzene rings is 1. The molecule has 0 saturated carbocycles. The van der Waals surface area contributed by atoms with Crippen molar-refractivity contribution >= 4 is 11.9 Å². The lowest BCUT2D eigenvalue weighted by molar-refractivity contribution is -0.890. The summed E-state index contributed by atoms with van der Waals surface area (Å²) in [6, 6.07) is 5.98. The fourth-order valence-corrected chi connectivity index (χ4v) is 4.35. The first-order valence-electron chi connectivity index (χ1n) is 14.6. The quantitative estimate of drug-likeness (QED) is 0.0831. The molecule has 0 spiro atoms. The molecular formula is C31H56NO4+. The van der Waals surface area contributed by atoms with Gasteiger partial charge in [-0.1, -0.05) is 103 Å². The first-order chi connectivity index (χ1) is 17.2. The number of aromatic carboxylic acids is 1. The monoisotopic (exact) mass is 506 g/mol. The van der Waals surface area contributed by atoms with Gasteiger partial charge in [0.05, 0.1) is 27.2 Å². The third kappa shape index (κ3) is 20.3. The van der Waals surface area contributed by atoms with Crippen LogP contribution in [0.2, 0.25) is 0 Å². The van der Waals surface area contributed by atoms with Crippen LogP contribution >= 0.6 is 0 Å². The predicted molar refractivity (Wildman–Crippen MR) is 152 cm³/mol. The molecule has 208 valence electrons. The standard InChI is InChI=1S/C22H48N.C9H8O4/c1-5-7-9-11-13-15-17-19-21-23(3,4)22-20-18-16-14-12-10-8-6-2;1-6(10)13-8-5-3-2-4-7(8)9(11)12/h5-22H2,1-4H3;2-5H,1H3,(H,11,12)/q+1;. The second kappa shape index (κ2) is 22.3. The Morgan fingerprint density at radius 1 is 0.694 bits per heavy atom. The van der Waals surface area contributed by atoms with Gasteiger partial charge in [0.15, 0.2) is 0 Å². The Morgan fingerprint density at radius 2 is 1.08 bits per heavy atom. The highest BCUT2D eigenvalue weighted by Gasteiger charge is 2.13. The van der Waals surface area contributed by atoms with Crippen molar-refractivity contribution in [2.24, 2.45) is 0 Å². The van der Waals surface area contributed by atoms with Crippen LogP contribution in [-0.2, 0) is 4.79 Å². The van der Waals surface area contributed by atoms with Gasteiger partial charge < -0.3 is 14.3 Å². The number of ether oxygens (including phenoxy) is 1. The van der Waals surface area contributed by atoms with Crippen molar-refractivity contribution in [2.75, 3.05) is 27.2 Å². The molecule has 5 heteroatoms. The number of carbonyl (C=O) groups is 2. The molecule has 1 rings (SSSR count). The topological polar surface area (TPSA) is 63.6 Å². The average molecular weight is 507 g/mol. The highest BCUT2D eigenvalue weighted by molar-refractivity contribution is 5.91. The zero-order valence-electron chi connectivity index (χ0n) is 24.2. The minimum Gasteiger partial charge on any atom is -0.478 e. The predicted octanol–water partition coefficient (Wildman–Crippen LogP) is 8.65. The lowest BCUT2D eigenvalue weighted by Crippen LogP contribution is -2.41. The van der Waals surface area contributed by atoms with Crippen molar-refractivity contribution in [3.63, 3.8) is 0 Å². The summed E-state index contributed by atoms with van der Waals surface area (Å²) in [4.78, 5) is 21.2. The Bertz CT molecular complexity index is 665. The summed E-state index contributed by atoms with van der Waals surface area (Å²) in [5.41, 5.74) is -0.0160. The fourth-order valence-electron chi connectivity index (χ4n) is 4.35. The number of carboxylic acid groups (broad SMARTS) is 1. The molecular weight excluding hydrogens is 450 g/mol. The summed E-state index contributed by atoms with van der Waals surface area (Å²) in [7, 11) is 4.87. The van der Waals surface area contributed by atoms with Crippen molar-refractivity contribution in [3.05, 3.63) is 29.8 Å². The molecule has 0 aliphatic carbocycles. The lowest BCUT2D eigenvalue weighted by atomic mass is 10.1. The van der Waals surface area contributed by atoms with Gasteiger partial charge in [0.1, 0.15) is 11.3 Å². The molecule has 0 bridgehead atoms. The van der Waals surface area contributed by atoms with E-state index < -0.39 is 11.9 Å². The zero-order valence-corrected chi connectivity index (χ0v) is 24.2. The Hall–Kier alpha value is -1.88. The smallest absolute Gasteiger partial charge is 0.339 e. The number of nitrogens with zero attached hydrogens (tertiary/aromatic N) is 1. The lowest BCUT2D eigenvalue weighted by Gasteiger charge is -2.30. The van der Waals surface area contributed by atoms with Gasteiger partial charge in [0, 0.05) is 6.92 Å². The van der Waals surface area contributed by atoms with Crippen LogP contribution in [0.1, 0.15) is 134 Å². The van der Waals surface area contributed by atoms with Crippen molar-refractivity contribution < 1.29 is 23.9 Å². The van der Waals surface area contributed by atoms with Crippen molar-refractivity contribution in [1.82, 2.24) is 0 Å². The molecule has 0 aliphatic rings. The molecule has 1 N–H and O–H groups in total. The highest BCUT2D eigenvalue weighted by atomic mass is 16.5. The number of carbonyl (C=O) groups excluding carboxylic acids is 1. The molecule has 0 radical (unpaired) electrons. The summed E-state index contributed by atoms with van der Waals surface area (Å²) in [6.07, 6.45) is 23.0. The number of hydrogen-bond acceptors (Lipinski definition) is 3. The maximum Gasteiger partial charge on any atom is 0.339 e. The zero-order chi connectivity index (χ0) is 27.1. The fraction of sp³-hybridized carbons (Fsp3) is 0.742. The van der Waals surface area contributed by atoms with E-state index in [0.717, 1.165) is 0 Å². The van der Waals surface area contributed by atoms with Gasteiger partial charge in [0.2, 0.25) is 0 Å². The molecule has 0 heterocycles. The number of unbranched alkanes of at least 4 members (excludes halogenated alkanes) is 14. The first-order valence-corrected chi connectivity index (χ1v) is 14.6. The SMILES string of the molecule is CC(=O)Oc1ccccc1C(=O)O.CCCCCCCCCC[N+](C)(C)CCCCCCCCCC. The van der Waals surface area contributed by atoms with Crippen molar-refractivity contribution in [3.8, 4) is 5.75 Å². The molecule has 0 atom stereocenters. The van der Waals surface area contributed by atoms with Gasteiger partial charge in [0.25, 0.3) is 0 Å². The van der Waals surface area contributed by atoms with E-state index in [2.05, 4.69) is 32.7 Å². The summed E-state index contributed by atoms with van der Waals surface area (Å²) in [6.45, 7) is 8.58. The summed E-state index contributed by atoms with van der Waals surface area (Å²) < 4.78 is 5.93. The van der Waals surface area contributed by atoms with Crippen LogP contribution < -0.4 is 4.74 Å². The van der Waals surface area contributed by atoms with Gasteiger partial charge in [-0.2, -0.15) is 0 Å². The molecule has 0 amide bonds. The molecule has 0 unspecified atom stereocenters. The van der Waals surface area contributed by atoms with E-state index in [4.69, 9.17) is 5.11 Å². The second-order valence-corrected chi connectivity index (χ2v) is 10.7. The third-order valence-electron chi connectivity index (χ3n) is 6.61. The minimum absolute atomic E-state index is 0.0160. The number of hydrogen-bond donors (Lipinski definition) is 1. The second-order valence-electron chi connectivity index (χ2n) is 10.7. The average Bonchev–Trinajstić information content (AvgIpc) is 2.82. The largest absolute Gasteiger partial charge is 0.478 e. The first kappa shape index (κ1) is 34.1. The number of para-hydroxylation sites is 1. The molecule has 5 nitrogen and oxygen atoms in total. The molecule has 0 aliphatic heterocycles. The van der Waals surface area contributed by atoms with Crippen molar-refractivity contribution in [2.45, 2.75) is 124 Å². The summed E-state index contributed by atoms with van der Waals surface area (Å²) >= 11 is 0. The number of quaternary nitrogens is 1. The molecule has 0 aromatic heterocycles. The van der Waals surface area contributed by atoms with Gasteiger partial charge >= 0.3 is 11.9 Å². The minimum atomic E-state index is -1.11. The highest BCUT2D eigenvalue weighted by Crippen LogP contribution is 2.17. The molecule has 0 saturated heterocycles. The van der Waals surface area contributed by atoms with E-state index >= 15 is 0 Å². The summed E-state index contributed by atoms with van der Waals surface area (Å²) in [5, 5.41) is 8.69. The van der Waals surface area contributed by atoms with Crippen LogP contribution in [0.3, 0.4) is 0 Å². The molecule has 0 fully saturated rings. The van der Waals surface area contributed by atoms with Crippen LogP contribution in [-0.4, -0.2) is 48.7 Å². The van der Waals surface area contributed by atoms with Gasteiger partial charge in [-0.25, -0.2) is 4.79 Å². The van der Waals surface area contributed by atoms with E-state index in [0.29, 0.717) is 0 Å². The maximum atomic E-state index is 10.6. The molecule has 1 aromatic carbocycles. The Kier molecular flexibility index (Phi) is 21.2. The molecule has 36 heavy (non-hydrogen) atoms. The van der Waals surface area contributed by atoms with E-state index in [1.165, 1.54) is 139 Å². The van der Waals surface area contributed by atoms with Crippen LogP contribution in [0.15, 0.2) is 24.3 Å². The van der Waals surface area contributed by atoms with Crippen LogP contribution in [0, 0.1) is 0 Å². The van der Waals surface area contributed by atoms with Crippen LogP contribution in [0.4, 0.5) is 0 Å². The summed E-state index contributed by atoms with van der Waals surface area (Å²) in [5.74, 6) is -1.58. The Balaban J connectivity index is 0.000000790. The van der Waals surface area contributed by atoms with E-state index in [1.54, 1.807) is 12.1 Å². The third-order valence-corrected chi connectivity index (χ3v) is 6.61. The van der Waals surface area contributed by atoms with Crippen LogP contribution in [0.5, 0.6) is 5.75 Å². The van der Waals surface area contributed by atoms with Gasteiger partial charge in [-0.3, -0.25) is 4.79 Å². The van der Waals surface area contributed by atoms with E-state index in [1.807, 2.05) is 0 Å². The van der Waals surface area contributed by atoms with E-state index in [9.17, 15) is 9.59 Å². The van der Waals surface area contributed by atoms with Gasteiger partial charge in [-0.05, 0) is 37.8 Å². The van der Waals surface area contributed by atoms with Crippen LogP contribution in [0.25, 0.3) is 0 Å². The Morgan fingerprint density at radius 3 is 1.47 bits per heavy atom. The maximum absolute atomic E-state index is 10.6. The number of carboxylic acids is 1. The number of rotatable bonds is 20. The van der Waals surface area contributed by atoms with Crippen molar-refractivity contribution in [1.29, 1.82) is 0 Å². The van der Waals surface area contributed by atoms with Gasteiger partial charge in [-0.15, -0.1) is 0 Å². The normalized spacial score (nSPS) is 11.0.